The van der Waals surface area contributed by atoms with E-state index in [2.05, 4.69) is 19.9 Å². The van der Waals surface area contributed by atoms with Gasteiger partial charge >= 0.3 is 6.09 Å². The zero-order valence-electron chi connectivity index (χ0n) is 21.9. The van der Waals surface area contributed by atoms with Gasteiger partial charge in [0, 0.05) is 56.3 Å². The summed E-state index contributed by atoms with van der Waals surface area (Å²) in [5.74, 6) is 0.169. The van der Waals surface area contributed by atoms with Gasteiger partial charge in [-0.25, -0.2) is 32.1 Å². The lowest BCUT2D eigenvalue weighted by molar-refractivity contribution is 0.129. The summed E-state index contributed by atoms with van der Waals surface area (Å²) in [4.78, 5) is 28.4. The van der Waals surface area contributed by atoms with Crippen molar-refractivity contribution in [3.63, 3.8) is 0 Å². The Bertz CT molecular complexity index is 1820. The number of amides is 1. The molecule has 1 fully saturated rings. The second-order valence-electron chi connectivity index (χ2n) is 9.91. The van der Waals surface area contributed by atoms with E-state index in [-0.39, 0.29) is 22.4 Å². The lowest BCUT2D eigenvalue weighted by Gasteiger charge is -2.43. The molecule has 0 bridgehead atoms. The first-order valence-electron chi connectivity index (χ1n) is 13.0. The number of rotatable bonds is 8. The maximum absolute atomic E-state index is 13.7. The fourth-order valence-electron chi connectivity index (χ4n) is 5.19. The van der Waals surface area contributed by atoms with Crippen molar-refractivity contribution in [1.29, 1.82) is 0 Å². The number of aromatic nitrogens is 4. The maximum Gasteiger partial charge on any atom is 0.407 e. The van der Waals surface area contributed by atoms with Crippen molar-refractivity contribution in [3.05, 3.63) is 97.0 Å². The van der Waals surface area contributed by atoms with E-state index in [1.54, 1.807) is 30.5 Å². The highest BCUT2D eigenvalue weighted by atomic mass is 32.2. The minimum Gasteiger partial charge on any atom is -0.465 e. The van der Waals surface area contributed by atoms with Crippen molar-refractivity contribution >= 4 is 38.8 Å². The van der Waals surface area contributed by atoms with Gasteiger partial charge in [0.2, 0.25) is 5.95 Å². The van der Waals surface area contributed by atoms with Gasteiger partial charge in [-0.3, -0.25) is 0 Å². The molecular formula is C29H27N7O4S. The van der Waals surface area contributed by atoms with Crippen LogP contribution in [0.3, 0.4) is 0 Å². The average Bonchev–Trinajstić information content (AvgIpc) is 3.36. The van der Waals surface area contributed by atoms with Crippen molar-refractivity contribution < 1.29 is 18.3 Å². The maximum atomic E-state index is 13.7. The van der Waals surface area contributed by atoms with Gasteiger partial charge in [-0.2, -0.15) is 0 Å². The molecule has 0 saturated carbocycles. The molecule has 1 saturated heterocycles. The Morgan fingerprint density at radius 1 is 0.976 bits per heavy atom. The predicted octanol–water partition coefficient (Wildman–Crippen LogP) is 3.93. The summed E-state index contributed by atoms with van der Waals surface area (Å²) in [5.41, 5.74) is 8.87. The lowest BCUT2D eigenvalue weighted by Crippen LogP contribution is -2.52. The standard InChI is InChI=1S/C29H27N7O4S/c30-28-32-13-11-24(33-28)23-19-36(41(39,40)22-9-5-2-6-10-22)27-26(23)25(12-14-31-27)34-16-21(17-34)18-35(29(37)38)15-20-7-3-1-4-8-20/h1-14,19,21H,15-18H2,(H,37,38)(H2,30,32,33). The summed E-state index contributed by atoms with van der Waals surface area (Å²) < 4.78 is 28.6. The average molecular weight is 570 g/mol. The molecule has 11 nitrogen and oxygen atoms in total. The van der Waals surface area contributed by atoms with Crippen LogP contribution in [0.4, 0.5) is 16.4 Å². The minimum absolute atomic E-state index is 0.0657. The third-order valence-electron chi connectivity index (χ3n) is 7.15. The quantitative estimate of drug-likeness (QED) is 0.284. The van der Waals surface area contributed by atoms with Gasteiger partial charge in [0.25, 0.3) is 10.0 Å². The summed E-state index contributed by atoms with van der Waals surface area (Å²) in [6.45, 7) is 1.89. The molecule has 1 aliphatic rings. The summed E-state index contributed by atoms with van der Waals surface area (Å²) in [5, 5.41) is 10.4. The van der Waals surface area contributed by atoms with Crippen molar-refractivity contribution in [2.24, 2.45) is 5.92 Å². The molecule has 1 amide bonds. The van der Waals surface area contributed by atoms with Crippen molar-refractivity contribution in [3.8, 4) is 11.3 Å². The number of fused-ring (bicyclic) bond motifs is 1. The molecule has 5 aromatic rings. The van der Waals surface area contributed by atoms with Crippen LogP contribution in [0.1, 0.15) is 5.56 Å². The van der Waals surface area contributed by atoms with Gasteiger partial charge in [0.1, 0.15) is 0 Å². The Morgan fingerprint density at radius 3 is 2.34 bits per heavy atom. The van der Waals surface area contributed by atoms with Gasteiger partial charge < -0.3 is 20.6 Å². The molecule has 0 unspecified atom stereocenters. The number of benzene rings is 2. The number of hydrogen-bond acceptors (Lipinski definition) is 8. The molecule has 2 aromatic carbocycles. The summed E-state index contributed by atoms with van der Waals surface area (Å²) in [6.07, 6.45) is 3.66. The van der Waals surface area contributed by atoms with Gasteiger partial charge in [-0.15, -0.1) is 0 Å². The van der Waals surface area contributed by atoms with Crippen LogP contribution in [0.25, 0.3) is 22.3 Å². The molecule has 41 heavy (non-hydrogen) atoms. The molecule has 4 heterocycles. The van der Waals surface area contributed by atoms with Gasteiger partial charge in [0.05, 0.1) is 21.7 Å². The smallest absolute Gasteiger partial charge is 0.407 e. The molecule has 0 atom stereocenters. The number of hydrogen-bond donors (Lipinski definition) is 2. The molecule has 0 radical (unpaired) electrons. The van der Waals surface area contributed by atoms with E-state index in [9.17, 15) is 18.3 Å². The largest absolute Gasteiger partial charge is 0.465 e. The van der Waals surface area contributed by atoms with Crippen LogP contribution in [-0.2, 0) is 16.6 Å². The molecule has 1 aliphatic heterocycles. The zero-order valence-corrected chi connectivity index (χ0v) is 22.7. The Labute approximate surface area is 236 Å². The van der Waals surface area contributed by atoms with E-state index in [1.807, 2.05) is 36.4 Å². The number of nitrogens with two attached hydrogens (primary N) is 1. The van der Waals surface area contributed by atoms with Gasteiger partial charge in [-0.05, 0) is 29.8 Å². The number of carbonyl (C=O) groups is 1. The van der Waals surface area contributed by atoms with E-state index < -0.39 is 16.1 Å². The molecule has 208 valence electrons. The Balaban J connectivity index is 1.35. The third-order valence-corrected chi connectivity index (χ3v) is 8.81. The van der Waals surface area contributed by atoms with Gasteiger partial charge in [0.15, 0.2) is 5.65 Å². The first kappa shape index (κ1) is 26.3. The van der Waals surface area contributed by atoms with E-state index in [0.29, 0.717) is 42.8 Å². The minimum atomic E-state index is -3.97. The van der Waals surface area contributed by atoms with Crippen molar-refractivity contribution in [1.82, 2.24) is 23.8 Å². The number of nitrogens with zero attached hydrogens (tertiary/aromatic N) is 6. The number of carboxylic acid groups (broad SMARTS) is 1. The highest BCUT2D eigenvalue weighted by molar-refractivity contribution is 7.90. The van der Waals surface area contributed by atoms with Crippen molar-refractivity contribution in [2.45, 2.75) is 11.4 Å². The molecule has 12 heteroatoms. The van der Waals surface area contributed by atoms with Crippen LogP contribution in [0.15, 0.2) is 96.3 Å². The fraction of sp³-hybridized carbons (Fsp3) is 0.172. The normalized spacial score (nSPS) is 13.7. The van der Waals surface area contributed by atoms with Crippen LogP contribution in [0.2, 0.25) is 0 Å². The first-order chi connectivity index (χ1) is 19.8. The van der Waals surface area contributed by atoms with Crippen LogP contribution in [0.5, 0.6) is 0 Å². The monoisotopic (exact) mass is 569 g/mol. The van der Waals surface area contributed by atoms with E-state index in [4.69, 9.17) is 5.73 Å². The topological polar surface area (TPSA) is 148 Å². The second kappa shape index (κ2) is 10.5. The van der Waals surface area contributed by atoms with Gasteiger partial charge in [-0.1, -0.05) is 48.5 Å². The highest BCUT2D eigenvalue weighted by Gasteiger charge is 2.33. The Hall–Kier alpha value is -4.97. The second-order valence-corrected chi connectivity index (χ2v) is 11.7. The fourth-order valence-corrected chi connectivity index (χ4v) is 6.53. The van der Waals surface area contributed by atoms with E-state index in [0.717, 1.165) is 11.3 Å². The third kappa shape index (κ3) is 5.05. The Kier molecular flexibility index (Phi) is 6.75. The molecule has 3 N–H and O–H groups in total. The SMILES string of the molecule is Nc1nccc(-c2cn(S(=O)(=O)c3ccccc3)c3nccc(N4CC(CN(Cc5ccccc5)C(=O)O)C4)c23)n1. The molecular weight excluding hydrogens is 542 g/mol. The molecule has 6 rings (SSSR count). The summed E-state index contributed by atoms with van der Waals surface area (Å²) in [6, 6.07) is 21.2. The highest BCUT2D eigenvalue weighted by Crippen LogP contribution is 2.39. The van der Waals surface area contributed by atoms with E-state index in [1.165, 1.54) is 33.4 Å². The molecule has 0 aliphatic carbocycles. The van der Waals surface area contributed by atoms with Crippen LogP contribution >= 0.6 is 0 Å². The lowest BCUT2D eigenvalue weighted by atomic mass is 9.97. The van der Waals surface area contributed by atoms with E-state index >= 15 is 0 Å². The predicted molar refractivity (Wildman–Crippen MR) is 155 cm³/mol. The zero-order chi connectivity index (χ0) is 28.6. The van der Waals surface area contributed by atoms with Crippen molar-refractivity contribution in [2.75, 3.05) is 30.3 Å². The summed E-state index contributed by atoms with van der Waals surface area (Å²) >= 11 is 0. The van der Waals surface area contributed by atoms with Crippen LogP contribution in [-0.4, -0.2) is 63.1 Å². The van der Waals surface area contributed by atoms with Crippen LogP contribution < -0.4 is 10.6 Å². The molecule has 3 aromatic heterocycles. The number of nitrogen functional groups attached to an aromatic ring is 1. The summed E-state index contributed by atoms with van der Waals surface area (Å²) in [7, 11) is -3.97. The first-order valence-corrected chi connectivity index (χ1v) is 14.4. The number of anilines is 2. The number of pyridine rings is 1. The Morgan fingerprint density at radius 2 is 1.66 bits per heavy atom. The van der Waals surface area contributed by atoms with Crippen LogP contribution in [0, 0.1) is 5.92 Å². The molecule has 0 spiro atoms.